The molecule has 0 spiro atoms. The zero-order valence-electron chi connectivity index (χ0n) is 21.4. The number of rotatable bonds is 7. The van der Waals surface area contributed by atoms with Crippen molar-refractivity contribution in [3.05, 3.63) is 81.8 Å². The van der Waals surface area contributed by atoms with Gasteiger partial charge >= 0.3 is 20.4 Å². The summed E-state index contributed by atoms with van der Waals surface area (Å²) in [5, 5.41) is 35.8. The number of aryl methyl sites for hydroxylation is 2. The van der Waals surface area contributed by atoms with E-state index in [1.54, 1.807) is 24.3 Å². The Bertz CT molecular complexity index is 1880. The zero-order valence-corrected chi connectivity index (χ0v) is 24.6. The summed E-state index contributed by atoms with van der Waals surface area (Å²) in [6.45, 7) is 2.76. The third kappa shape index (κ3) is 6.90. The summed E-state index contributed by atoms with van der Waals surface area (Å²) >= 11 is 12.7. The van der Waals surface area contributed by atoms with Gasteiger partial charge in [-0.25, -0.2) is 0 Å². The first kappa shape index (κ1) is 31.0. The molecule has 10 nitrogen and oxygen atoms in total. The van der Waals surface area contributed by atoms with Crippen LogP contribution >= 0.6 is 23.2 Å². The molecule has 0 saturated heterocycles. The van der Waals surface area contributed by atoms with Crippen LogP contribution in [0.2, 0.25) is 10.0 Å². The van der Waals surface area contributed by atoms with Crippen molar-refractivity contribution in [2.45, 2.75) is 23.6 Å². The number of hydrogen-bond donors (Lipinski definition) is 2. The zero-order chi connectivity index (χ0) is 31.0. The van der Waals surface area contributed by atoms with Gasteiger partial charge in [0.05, 0.1) is 21.4 Å². The van der Waals surface area contributed by atoms with Crippen molar-refractivity contribution in [3.63, 3.8) is 0 Å². The van der Waals surface area contributed by atoms with Crippen LogP contribution in [-0.2, 0) is 20.4 Å². The maximum atomic E-state index is 13.5. The summed E-state index contributed by atoms with van der Waals surface area (Å²) in [5.74, 6) is -1.44. The minimum atomic E-state index is -5.19. The Morgan fingerprint density at radius 3 is 1.26 bits per heavy atom. The number of phenolic OH excluding ortho intramolecular Hbond substituents is 2. The molecule has 4 aromatic rings. The van der Waals surface area contributed by atoms with Crippen LogP contribution in [-0.4, -0.2) is 27.0 Å². The Balaban J connectivity index is 1.57. The van der Waals surface area contributed by atoms with Gasteiger partial charge in [0.2, 0.25) is 0 Å². The maximum absolute atomic E-state index is 13.5. The van der Waals surface area contributed by atoms with Crippen molar-refractivity contribution in [1.82, 2.24) is 0 Å². The van der Waals surface area contributed by atoms with Crippen molar-refractivity contribution in [2.24, 2.45) is 20.5 Å². The third-order valence-corrected chi connectivity index (χ3v) is 8.08. The van der Waals surface area contributed by atoms with Gasteiger partial charge < -0.3 is 10.2 Å². The normalized spacial score (nSPS) is 12.4. The fourth-order valence-corrected chi connectivity index (χ4v) is 5.45. The third-order valence-electron chi connectivity index (χ3n) is 5.80. The smallest absolute Gasteiger partial charge is 0.335 e. The second-order valence-corrected chi connectivity index (χ2v) is 12.3. The van der Waals surface area contributed by atoms with E-state index in [0.717, 1.165) is 12.1 Å². The molecule has 0 aliphatic carbocycles. The molecule has 0 bridgehead atoms. The second kappa shape index (κ2) is 11.7. The van der Waals surface area contributed by atoms with Crippen LogP contribution in [0.1, 0.15) is 11.1 Å². The predicted molar refractivity (Wildman–Crippen MR) is 153 cm³/mol. The van der Waals surface area contributed by atoms with E-state index >= 15 is 0 Å². The average Bonchev–Trinajstić information content (AvgIpc) is 2.89. The van der Waals surface area contributed by atoms with Crippen molar-refractivity contribution < 1.29 is 34.8 Å². The fraction of sp³-hybridized carbons (Fsp3) is 0.0769. The number of benzene rings is 4. The van der Waals surface area contributed by atoms with Crippen LogP contribution in [0.4, 0.5) is 30.5 Å². The molecule has 0 radical (unpaired) electrons. The van der Waals surface area contributed by atoms with Gasteiger partial charge in [-0.1, -0.05) is 35.3 Å². The van der Waals surface area contributed by atoms with Gasteiger partial charge in [0.25, 0.3) is 0 Å². The molecule has 0 aliphatic heterocycles. The summed E-state index contributed by atoms with van der Waals surface area (Å²) in [6, 6.07) is 13.8. The molecule has 4 rings (SSSR count). The lowest BCUT2D eigenvalue weighted by atomic mass is 10.1. The van der Waals surface area contributed by atoms with E-state index in [4.69, 9.17) is 23.2 Å². The standard InChI is InChI=1S/C26H18Cl2F2N4O6S2/c1-13-7-17(11-23(25(13)35)41(29,37)38)31-33-21-5-3-15(9-19(21)27)16-4-6-22(20(28)10-16)34-32-18-8-14(2)26(36)24(12-18)42(30,39)40/h3-12,35-36H,1-2H3. The number of azo groups is 2. The van der Waals surface area contributed by atoms with Gasteiger partial charge in [-0.05, 0) is 84.6 Å². The summed E-state index contributed by atoms with van der Waals surface area (Å²) in [4.78, 5) is -1.85. The summed E-state index contributed by atoms with van der Waals surface area (Å²) in [5.41, 5.74) is 1.80. The second-order valence-electron chi connectivity index (χ2n) is 8.83. The largest absolute Gasteiger partial charge is 0.506 e. The van der Waals surface area contributed by atoms with E-state index in [2.05, 4.69) is 20.5 Å². The van der Waals surface area contributed by atoms with Crippen LogP contribution in [0.3, 0.4) is 0 Å². The number of hydrogen-bond acceptors (Lipinski definition) is 10. The van der Waals surface area contributed by atoms with Gasteiger partial charge in [-0.2, -0.15) is 27.1 Å². The highest BCUT2D eigenvalue weighted by Gasteiger charge is 2.21. The van der Waals surface area contributed by atoms with Crippen molar-refractivity contribution in [2.75, 3.05) is 0 Å². The molecular formula is C26H18Cl2F2N4O6S2. The maximum Gasteiger partial charge on any atom is 0.335 e. The molecule has 0 fully saturated rings. The van der Waals surface area contributed by atoms with E-state index in [-0.39, 0.29) is 43.9 Å². The first-order valence-electron chi connectivity index (χ1n) is 11.5. The van der Waals surface area contributed by atoms with Crippen LogP contribution in [0.15, 0.2) is 90.9 Å². The minimum Gasteiger partial charge on any atom is -0.506 e. The molecular weight excluding hydrogens is 637 g/mol. The monoisotopic (exact) mass is 654 g/mol. The lowest BCUT2D eigenvalue weighted by molar-refractivity contribution is 0.450. The van der Waals surface area contributed by atoms with Gasteiger partial charge in [0.15, 0.2) is 0 Å². The van der Waals surface area contributed by atoms with E-state index in [9.17, 15) is 34.8 Å². The SMILES string of the molecule is Cc1cc(N=Nc2ccc(-c3ccc(N=Nc4cc(C)c(O)c(S(=O)(=O)F)c4)c(Cl)c3)cc2Cl)cc(S(=O)(=O)F)c1O. The Hall–Kier alpha value is -3.98. The number of nitrogens with zero attached hydrogens (tertiary/aromatic N) is 4. The summed E-state index contributed by atoms with van der Waals surface area (Å²) in [6.07, 6.45) is 0. The minimum absolute atomic E-state index is 0.0248. The van der Waals surface area contributed by atoms with E-state index in [1.807, 2.05) is 0 Å². The van der Waals surface area contributed by atoms with Crippen LogP contribution in [0, 0.1) is 13.8 Å². The van der Waals surface area contributed by atoms with Crippen molar-refractivity contribution >= 4 is 66.4 Å². The topological polar surface area (TPSA) is 158 Å². The molecule has 0 atom stereocenters. The first-order valence-corrected chi connectivity index (χ1v) is 15.1. The molecule has 0 amide bonds. The molecule has 0 aliphatic rings. The summed E-state index contributed by atoms with van der Waals surface area (Å²) in [7, 11) is -10.4. The Labute approximate surface area is 249 Å². The molecule has 42 heavy (non-hydrogen) atoms. The molecule has 0 saturated carbocycles. The highest BCUT2D eigenvalue weighted by Crippen LogP contribution is 2.38. The van der Waals surface area contributed by atoms with Gasteiger partial charge in [-0.15, -0.1) is 18.0 Å². The lowest BCUT2D eigenvalue weighted by Gasteiger charge is -2.07. The predicted octanol–water partition coefficient (Wildman–Crippen LogP) is 8.84. The van der Waals surface area contributed by atoms with Crippen LogP contribution in [0.25, 0.3) is 11.1 Å². The lowest BCUT2D eigenvalue weighted by Crippen LogP contribution is -1.94. The Morgan fingerprint density at radius 2 is 0.952 bits per heavy atom. The molecule has 2 N–H and O–H groups in total. The van der Waals surface area contributed by atoms with Gasteiger partial charge in [0, 0.05) is 0 Å². The van der Waals surface area contributed by atoms with Crippen LogP contribution in [0.5, 0.6) is 11.5 Å². The van der Waals surface area contributed by atoms with Crippen molar-refractivity contribution in [3.8, 4) is 22.6 Å². The Morgan fingerprint density at radius 1 is 0.595 bits per heavy atom. The average molecular weight is 655 g/mol. The quantitative estimate of drug-likeness (QED) is 0.150. The van der Waals surface area contributed by atoms with E-state index < -0.39 is 41.7 Å². The highest BCUT2D eigenvalue weighted by atomic mass is 35.5. The van der Waals surface area contributed by atoms with E-state index in [1.165, 1.54) is 38.1 Å². The number of halogens is 4. The molecule has 4 aromatic carbocycles. The molecule has 0 aromatic heterocycles. The molecule has 0 heterocycles. The van der Waals surface area contributed by atoms with Gasteiger partial charge in [-0.3, -0.25) is 0 Å². The van der Waals surface area contributed by atoms with Crippen molar-refractivity contribution in [1.29, 1.82) is 0 Å². The fourth-order valence-electron chi connectivity index (χ4n) is 3.70. The first-order chi connectivity index (χ1) is 19.5. The number of aromatic hydroxyl groups is 2. The molecule has 0 unspecified atom stereocenters. The summed E-state index contributed by atoms with van der Waals surface area (Å²) < 4.78 is 72.1. The van der Waals surface area contributed by atoms with E-state index in [0.29, 0.717) is 11.1 Å². The molecule has 16 heteroatoms. The highest BCUT2D eigenvalue weighted by molar-refractivity contribution is 7.86. The van der Waals surface area contributed by atoms with Gasteiger partial charge in [0.1, 0.15) is 32.7 Å². The number of phenols is 2. The van der Waals surface area contributed by atoms with Crippen LogP contribution < -0.4 is 0 Å². The Kier molecular flexibility index (Phi) is 8.64. The molecule has 218 valence electrons.